The Hall–Kier alpha value is -0.700. The predicted octanol–water partition coefficient (Wildman–Crippen LogP) is 7.37. The lowest BCUT2D eigenvalue weighted by atomic mass is 10.0. The first-order chi connectivity index (χ1) is 14.1. The van der Waals surface area contributed by atoms with Crippen molar-refractivity contribution in [3.05, 3.63) is 60.7 Å². The van der Waals surface area contributed by atoms with E-state index in [0.717, 1.165) is 34.5 Å². The van der Waals surface area contributed by atoms with E-state index < -0.39 is 0 Å². The van der Waals surface area contributed by atoms with E-state index >= 15 is 0 Å². The highest BCUT2D eigenvalue weighted by atomic mass is 31.1. The van der Waals surface area contributed by atoms with Crippen LogP contribution in [0.2, 0.25) is 0 Å². The molecule has 1 saturated carbocycles. The van der Waals surface area contributed by atoms with Crippen molar-refractivity contribution in [2.75, 3.05) is 0 Å². The smallest absolute Gasteiger partial charge is 0.00609 e. The Labute approximate surface area is 181 Å². The second kappa shape index (κ2) is 9.62. The van der Waals surface area contributed by atoms with Gasteiger partial charge < -0.3 is 0 Å². The molecule has 1 saturated heterocycles. The van der Waals surface area contributed by atoms with Gasteiger partial charge in [0.25, 0.3) is 0 Å². The van der Waals surface area contributed by atoms with Gasteiger partial charge in [0.1, 0.15) is 0 Å². The average molecular weight is 425 g/mol. The molecule has 0 bridgehead atoms. The highest BCUT2D eigenvalue weighted by Gasteiger charge is 2.48. The summed E-state index contributed by atoms with van der Waals surface area (Å²) in [7, 11) is -0.156. The number of benzene rings is 2. The Morgan fingerprint density at radius 2 is 1.17 bits per heavy atom. The van der Waals surface area contributed by atoms with E-state index in [1.54, 1.807) is 10.6 Å². The van der Waals surface area contributed by atoms with Crippen LogP contribution in [0, 0.1) is 11.8 Å². The fourth-order valence-corrected chi connectivity index (χ4v) is 14.6. The molecule has 156 valence electrons. The molecule has 1 aliphatic carbocycles. The summed E-state index contributed by atoms with van der Waals surface area (Å²) in [6.07, 6.45) is 7.35. The van der Waals surface area contributed by atoms with E-state index in [-0.39, 0.29) is 15.8 Å². The van der Waals surface area contributed by atoms with Crippen LogP contribution in [0.25, 0.3) is 0 Å². The third kappa shape index (κ3) is 4.50. The highest BCUT2D eigenvalue weighted by molar-refractivity contribution is 7.74. The van der Waals surface area contributed by atoms with Crippen molar-refractivity contribution in [1.29, 1.82) is 0 Å². The monoisotopic (exact) mass is 424 g/mol. The van der Waals surface area contributed by atoms with Gasteiger partial charge in [0.2, 0.25) is 0 Å². The summed E-state index contributed by atoms with van der Waals surface area (Å²) in [5, 5.41) is 3.20. The third-order valence-electron chi connectivity index (χ3n) is 7.29. The van der Waals surface area contributed by atoms with Crippen LogP contribution < -0.4 is 10.6 Å². The van der Waals surface area contributed by atoms with Crippen LogP contribution in [0.5, 0.6) is 0 Å². The van der Waals surface area contributed by atoms with Gasteiger partial charge in [-0.15, -0.1) is 0 Å². The zero-order valence-corrected chi connectivity index (χ0v) is 20.5. The van der Waals surface area contributed by atoms with Crippen molar-refractivity contribution in [3.63, 3.8) is 0 Å². The maximum Gasteiger partial charge on any atom is -0.00609 e. The molecule has 0 nitrogen and oxygen atoms in total. The van der Waals surface area contributed by atoms with Crippen molar-refractivity contribution in [3.8, 4) is 0 Å². The first-order valence-corrected chi connectivity index (χ1v) is 14.7. The number of rotatable bonds is 6. The SMILES string of the molecule is CC(C)[C@H]1CC[C@H](C(C)C)P1C1CCCC1P(c1ccccc1)c1ccccc1. The van der Waals surface area contributed by atoms with Crippen molar-refractivity contribution in [2.24, 2.45) is 11.8 Å². The predicted molar refractivity (Wildman–Crippen MR) is 134 cm³/mol. The van der Waals surface area contributed by atoms with Crippen LogP contribution in [0.4, 0.5) is 0 Å². The van der Waals surface area contributed by atoms with Crippen molar-refractivity contribution in [2.45, 2.75) is 82.4 Å². The normalized spacial score (nSPS) is 28.1. The molecule has 4 rings (SSSR count). The maximum absolute atomic E-state index is 2.50. The largest absolute Gasteiger partial charge is 0.0960 e. The van der Waals surface area contributed by atoms with Gasteiger partial charge in [0, 0.05) is 0 Å². The number of hydrogen-bond acceptors (Lipinski definition) is 0. The first-order valence-electron chi connectivity index (χ1n) is 11.7. The van der Waals surface area contributed by atoms with Crippen LogP contribution in [0.1, 0.15) is 59.8 Å². The zero-order chi connectivity index (χ0) is 20.4. The summed E-state index contributed by atoms with van der Waals surface area (Å²) in [6, 6.07) is 23.0. The Morgan fingerprint density at radius 1 is 0.690 bits per heavy atom. The average Bonchev–Trinajstić information content (AvgIpc) is 3.37. The quantitative estimate of drug-likeness (QED) is 0.425. The van der Waals surface area contributed by atoms with Gasteiger partial charge in [-0.2, -0.15) is 0 Å². The van der Waals surface area contributed by atoms with Crippen LogP contribution in [0.15, 0.2) is 60.7 Å². The van der Waals surface area contributed by atoms with Crippen LogP contribution in [-0.2, 0) is 0 Å². The van der Waals surface area contributed by atoms with Crippen LogP contribution >= 0.6 is 15.8 Å². The molecule has 2 fully saturated rings. The molecule has 0 aromatic heterocycles. The molecule has 1 heterocycles. The summed E-state index contributed by atoms with van der Waals surface area (Å²) in [6.45, 7) is 10.0. The highest BCUT2D eigenvalue weighted by Crippen LogP contribution is 2.69. The van der Waals surface area contributed by atoms with Crippen molar-refractivity contribution < 1.29 is 0 Å². The second-order valence-electron chi connectivity index (χ2n) is 9.75. The molecular weight excluding hydrogens is 386 g/mol. The van der Waals surface area contributed by atoms with E-state index in [0.29, 0.717) is 0 Å². The number of hydrogen-bond donors (Lipinski definition) is 0. The molecule has 2 heteroatoms. The summed E-state index contributed by atoms with van der Waals surface area (Å²) < 4.78 is 0. The molecule has 2 aliphatic rings. The van der Waals surface area contributed by atoms with E-state index in [1.807, 2.05) is 0 Å². The van der Waals surface area contributed by atoms with Gasteiger partial charge in [0.05, 0.1) is 0 Å². The van der Waals surface area contributed by atoms with E-state index in [2.05, 4.69) is 88.4 Å². The van der Waals surface area contributed by atoms with E-state index in [4.69, 9.17) is 0 Å². The van der Waals surface area contributed by atoms with Gasteiger partial charge in [-0.25, -0.2) is 0 Å². The van der Waals surface area contributed by atoms with Crippen molar-refractivity contribution >= 4 is 26.5 Å². The van der Waals surface area contributed by atoms with Crippen LogP contribution in [0.3, 0.4) is 0 Å². The fraction of sp³-hybridized carbons (Fsp3) is 0.556. The molecule has 0 amide bonds. The first kappa shape index (κ1) is 21.5. The Morgan fingerprint density at radius 3 is 1.62 bits per heavy atom. The third-order valence-corrected chi connectivity index (χ3v) is 15.1. The summed E-state index contributed by atoms with van der Waals surface area (Å²) >= 11 is 0. The standard InChI is InChI=1S/C27H38P2/c1-20(2)24-18-19-25(21(3)4)29(24)27-17-11-16-26(27)28(22-12-7-5-8-13-22)23-14-9-6-10-15-23/h5-10,12-15,20-21,24-27H,11,16-19H2,1-4H3/t24-,25-,26?,27?/m1/s1. The van der Waals surface area contributed by atoms with Gasteiger partial charge in [-0.1, -0.05) is 103 Å². The molecule has 29 heavy (non-hydrogen) atoms. The van der Waals surface area contributed by atoms with Gasteiger partial charge >= 0.3 is 0 Å². The van der Waals surface area contributed by atoms with Crippen LogP contribution in [-0.4, -0.2) is 22.6 Å². The van der Waals surface area contributed by atoms with E-state index in [9.17, 15) is 0 Å². The summed E-state index contributed by atoms with van der Waals surface area (Å²) in [5.74, 6) is 1.71. The molecule has 2 aromatic rings. The second-order valence-corrected chi connectivity index (χ2v) is 15.1. The minimum Gasteiger partial charge on any atom is -0.0960 e. The maximum atomic E-state index is 2.50. The minimum absolute atomic E-state index is 0.112. The lowest BCUT2D eigenvalue weighted by Gasteiger charge is -2.41. The molecule has 1 aliphatic heterocycles. The zero-order valence-electron chi connectivity index (χ0n) is 18.7. The minimum atomic E-state index is -0.268. The Bertz CT molecular complexity index is 699. The summed E-state index contributed by atoms with van der Waals surface area (Å²) in [5.41, 5.74) is 3.83. The van der Waals surface area contributed by atoms with Crippen molar-refractivity contribution in [1.82, 2.24) is 0 Å². The molecule has 0 spiro atoms. The molecule has 0 N–H and O–H groups in total. The Balaban J connectivity index is 1.73. The molecular formula is C27H38P2. The Kier molecular flexibility index (Phi) is 7.14. The van der Waals surface area contributed by atoms with E-state index in [1.165, 1.54) is 32.1 Å². The van der Waals surface area contributed by atoms with Gasteiger partial charge in [-0.3, -0.25) is 0 Å². The topological polar surface area (TPSA) is 0 Å². The lowest BCUT2D eigenvalue weighted by Crippen LogP contribution is -2.31. The molecule has 2 unspecified atom stereocenters. The molecule has 2 aromatic carbocycles. The molecule has 0 radical (unpaired) electrons. The molecule has 4 atom stereocenters. The summed E-state index contributed by atoms with van der Waals surface area (Å²) in [4.78, 5) is 0. The lowest BCUT2D eigenvalue weighted by molar-refractivity contribution is 0.543. The fourth-order valence-electron chi connectivity index (χ4n) is 6.01. The van der Waals surface area contributed by atoms with Gasteiger partial charge in [0.15, 0.2) is 0 Å². The van der Waals surface area contributed by atoms with Gasteiger partial charge in [-0.05, 0) is 78.7 Å².